The number of hydrogen-bond donors (Lipinski definition) is 2. The Morgan fingerprint density at radius 3 is 2.60 bits per heavy atom. The van der Waals surface area contributed by atoms with Crippen molar-refractivity contribution in [2.45, 2.75) is 32.0 Å². The minimum Gasteiger partial charge on any atom is -0.493 e. The van der Waals surface area contributed by atoms with E-state index in [0.717, 1.165) is 11.1 Å². The number of amides is 2. The van der Waals surface area contributed by atoms with Crippen molar-refractivity contribution < 1.29 is 28.6 Å². The zero-order valence-electron chi connectivity index (χ0n) is 16.7. The highest BCUT2D eigenvalue weighted by Gasteiger charge is 2.28. The van der Waals surface area contributed by atoms with Crippen molar-refractivity contribution in [2.24, 2.45) is 0 Å². The highest BCUT2D eigenvalue weighted by atomic mass is 16.5. The van der Waals surface area contributed by atoms with E-state index in [-0.39, 0.29) is 12.5 Å². The SMILES string of the molecule is COc1cc(CNC(=O)COC(=O)[C@H]2CCC(=O)N2)ccc1OCc1ccccc1. The molecular formula is C22H24N2O6. The maximum Gasteiger partial charge on any atom is 0.329 e. The molecule has 8 nitrogen and oxygen atoms in total. The number of rotatable bonds is 9. The molecule has 1 heterocycles. The largest absolute Gasteiger partial charge is 0.493 e. The van der Waals surface area contributed by atoms with E-state index in [4.69, 9.17) is 14.2 Å². The minimum absolute atomic E-state index is 0.188. The second-order valence-corrected chi connectivity index (χ2v) is 6.80. The second-order valence-electron chi connectivity index (χ2n) is 6.80. The summed E-state index contributed by atoms with van der Waals surface area (Å²) < 4.78 is 16.2. The van der Waals surface area contributed by atoms with Crippen LogP contribution in [0.15, 0.2) is 48.5 Å². The van der Waals surface area contributed by atoms with Crippen LogP contribution >= 0.6 is 0 Å². The molecule has 1 fully saturated rings. The lowest BCUT2D eigenvalue weighted by molar-refractivity contribution is -0.150. The van der Waals surface area contributed by atoms with Gasteiger partial charge in [0.1, 0.15) is 12.6 Å². The Labute approximate surface area is 174 Å². The van der Waals surface area contributed by atoms with Gasteiger partial charge in [0.25, 0.3) is 5.91 Å². The van der Waals surface area contributed by atoms with Crippen molar-refractivity contribution >= 4 is 17.8 Å². The monoisotopic (exact) mass is 412 g/mol. The van der Waals surface area contributed by atoms with Crippen molar-refractivity contribution in [2.75, 3.05) is 13.7 Å². The molecule has 0 unspecified atom stereocenters. The van der Waals surface area contributed by atoms with Crippen LogP contribution in [0.25, 0.3) is 0 Å². The van der Waals surface area contributed by atoms with Gasteiger partial charge in [-0.3, -0.25) is 9.59 Å². The summed E-state index contributed by atoms with van der Waals surface area (Å²) in [5, 5.41) is 5.19. The normalized spacial score (nSPS) is 15.2. The number of benzene rings is 2. The topological polar surface area (TPSA) is 103 Å². The van der Waals surface area contributed by atoms with Gasteiger partial charge in [-0.05, 0) is 29.7 Å². The van der Waals surface area contributed by atoms with Crippen molar-refractivity contribution in [3.8, 4) is 11.5 Å². The van der Waals surface area contributed by atoms with Gasteiger partial charge in [-0.2, -0.15) is 0 Å². The molecule has 0 saturated carbocycles. The molecule has 1 aliphatic heterocycles. The van der Waals surface area contributed by atoms with Gasteiger partial charge in [0.2, 0.25) is 5.91 Å². The van der Waals surface area contributed by atoms with E-state index in [2.05, 4.69) is 10.6 Å². The molecule has 8 heteroatoms. The molecule has 158 valence electrons. The first-order valence-electron chi connectivity index (χ1n) is 9.61. The summed E-state index contributed by atoms with van der Waals surface area (Å²) in [4.78, 5) is 34.9. The molecule has 2 aromatic rings. The maximum atomic E-state index is 11.9. The minimum atomic E-state index is -0.669. The summed E-state index contributed by atoms with van der Waals surface area (Å²) in [6.45, 7) is 0.257. The van der Waals surface area contributed by atoms with Gasteiger partial charge in [-0.25, -0.2) is 4.79 Å². The zero-order chi connectivity index (χ0) is 21.3. The van der Waals surface area contributed by atoms with Gasteiger partial charge in [0.05, 0.1) is 7.11 Å². The Bertz CT molecular complexity index is 900. The van der Waals surface area contributed by atoms with E-state index in [1.54, 1.807) is 19.2 Å². The van der Waals surface area contributed by atoms with E-state index in [1.165, 1.54) is 0 Å². The fourth-order valence-corrected chi connectivity index (χ4v) is 2.96. The summed E-state index contributed by atoms with van der Waals surface area (Å²) in [5.74, 6) is -0.0646. The Balaban J connectivity index is 1.46. The summed E-state index contributed by atoms with van der Waals surface area (Å²) >= 11 is 0. The number of nitrogens with one attached hydrogen (secondary N) is 2. The summed E-state index contributed by atoms with van der Waals surface area (Å²) in [6, 6.07) is 14.5. The Morgan fingerprint density at radius 2 is 1.90 bits per heavy atom. The first-order valence-corrected chi connectivity index (χ1v) is 9.61. The standard InChI is InChI=1S/C22H24N2O6/c1-28-19-11-16(7-9-18(19)29-13-15-5-3-2-4-6-15)12-23-21(26)14-30-22(27)17-8-10-20(25)24-17/h2-7,9,11,17H,8,10,12-14H2,1H3,(H,23,26)(H,24,25)/t17-/m1/s1. The van der Waals surface area contributed by atoms with Crippen LogP contribution in [0.3, 0.4) is 0 Å². The molecule has 0 aliphatic carbocycles. The summed E-state index contributed by atoms with van der Waals surface area (Å²) in [7, 11) is 1.55. The van der Waals surface area contributed by atoms with Crippen molar-refractivity contribution in [1.82, 2.24) is 10.6 Å². The predicted molar refractivity (Wildman–Crippen MR) is 108 cm³/mol. The highest BCUT2D eigenvalue weighted by Crippen LogP contribution is 2.28. The first kappa shape index (κ1) is 21.2. The average molecular weight is 412 g/mol. The molecule has 1 saturated heterocycles. The summed E-state index contributed by atoms with van der Waals surface area (Å²) in [5.41, 5.74) is 1.85. The molecular weight excluding hydrogens is 388 g/mol. The lowest BCUT2D eigenvalue weighted by Crippen LogP contribution is -2.37. The Morgan fingerprint density at radius 1 is 1.10 bits per heavy atom. The predicted octanol–water partition coefficient (Wildman–Crippen LogP) is 1.71. The number of ether oxygens (including phenoxy) is 3. The maximum absolute atomic E-state index is 11.9. The molecule has 2 N–H and O–H groups in total. The van der Waals surface area contributed by atoms with E-state index in [9.17, 15) is 14.4 Å². The third-order valence-electron chi connectivity index (χ3n) is 4.58. The van der Waals surface area contributed by atoms with Gasteiger partial charge in [0, 0.05) is 13.0 Å². The van der Waals surface area contributed by atoms with Crippen molar-refractivity contribution in [3.05, 3.63) is 59.7 Å². The molecule has 0 bridgehead atoms. The summed E-state index contributed by atoms with van der Waals surface area (Å²) in [6.07, 6.45) is 0.677. The fraction of sp³-hybridized carbons (Fsp3) is 0.318. The molecule has 1 aliphatic rings. The van der Waals surface area contributed by atoms with Crippen LogP contribution in [0, 0.1) is 0 Å². The third-order valence-corrected chi connectivity index (χ3v) is 4.58. The third kappa shape index (κ3) is 5.97. The van der Waals surface area contributed by atoms with Crippen LogP contribution in [0.1, 0.15) is 24.0 Å². The van der Waals surface area contributed by atoms with Crippen LogP contribution in [0.4, 0.5) is 0 Å². The van der Waals surface area contributed by atoms with Crippen molar-refractivity contribution in [3.63, 3.8) is 0 Å². The molecule has 1 atom stereocenters. The lowest BCUT2D eigenvalue weighted by Gasteiger charge is -2.13. The molecule has 0 spiro atoms. The van der Waals surface area contributed by atoms with Gasteiger partial charge in [0.15, 0.2) is 18.1 Å². The van der Waals surface area contributed by atoms with E-state index >= 15 is 0 Å². The van der Waals surface area contributed by atoms with Gasteiger partial charge < -0.3 is 24.8 Å². The molecule has 2 aromatic carbocycles. The van der Waals surface area contributed by atoms with E-state index < -0.39 is 24.5 Å². The van der Waals surface area contributed by atoms with Crippen LogP contribution in [-0.2, 0) is 32.3 Å². The second kappa shape index (κ2) is 10.3. The molecule has 30 heavy (non-hydrogen) atoms. The number of esters is 1. The zero-order valence-corrected chi connectivity index (χ0v) is 16.7. The number of hydrogen-bond acceptors (Lipinski definition) is 6. The molecule has 3 rings (SSSR count). The molecule has 0 radical (unpaired) electrons. The van der Waals surface area contributed by atoms with Crippen LogP contribution in [-0.4, -0.2) is 37.5 Å². The average Bonchev–Trinajstić information content (AvgIpc) is 3.21. The number of carbonyl (C=O) groups is 3. The quantitative estimate of drug-likeness (QED) is 0.608. The number of carbonyl (C=O) groups excluding carboxylic acids is 3. The smallest absolute Gasteiger partial charge is 0.329 e. The van der Waals surface area contributed by atoms with Crippen molar-refractivity contribution in [1.29, 1.82) is 0 Å². The Hall–Kier alpha value is -3.55. The molecule has 2 amide bonds. The van der Waals surface area contributed by atoms with Gasteiger partial charge >= 0.3 is 5.97 Å². The molecule has 0 aromatic heterocycles. The van der Waals surface area contributed by atoms with Crippen LogP contribution in [0.2, 0.25) is 0 Å². The van der Waals surface area contributed by atoms with Crippen LogP contribution in [0.5, 0.6) is 11.5 Å². The fourth-order valence-electron chi connectivity index (χ4n) is 2.96. The van der Waals surface area contributed by atoms with Crippen LogP contribution < -0.4 is 20.1 Å². The van der Waals surface area contributed by atoms with E-state index in [1.807, 2.05) is 36.4 Å². The van der Waals surface area contributed by atoms with E-state index in [0.29, 0.717) is 30.9 Å². The van der Waals surface area contributed by atoms with Gasteiger partial charge in [-0.15, -0.1) is 0 Å². The lowest BCUT2D eigenvalue weighted by atomic mass is 10.2. The first-order chi connectivity index (χ1) is 14.5. The number of methoxy groups -OCH3 is 1. The Kier molecular flexibility index (Phi) is 7.26. The van der Waals surface area contributed by atoms with Gasteiger partial charge in [-0.1, -0.05) is 36.4 Å². The highest BCUT2D eigenvalue weighted by molar-refractivity contribution is 5.89.